The molecule has 1 rings (SSSR count). The maximum atomic E-state index is 9.11. The van der Waals surface area contributed by atoms with Crippen molar-refractivity contribution in [3.8, 4) is 0 Å². The van der Waals surface area contributed by atoms with Crippen molar-refractivity contribution in [1.29, 1.82) is 0 Å². The number of hydrogen-bond acceptors (Lipinski definition) is 2. The van der Waals surface area contributed by atoms with Crippen LogP contribution < -0.4 is 5.32 Å². The highest BCUT2D eigenvalue weighted by atomic mass is 16.3. The first-order valence-electron chi connectivity index (χ1n) is 5.16. The average molecular weight is 193 g/mol. The Morgan fingerprint density at radius 3 is 2.43 bits per heavy atom. The van der Waals surface area contributed by atoms with E-state index in [4.69, 9.17) is 5.11 Å². The molecule has 1 unspecified atom stereocenters. The summed E-state index contributed by atoms with van der Waals surface area (Å²) in [7, 11) is 0. The van der Waals surface area contributed by atoms with Gasteiger partial charge in [-0.2, -0.15) is 0 Å². The molecule has 0 aliphatic rings. The van der Waals surface area contributed by atoms with Crippen LogP contribution in [0.3, 0.4) is 0 Å². The van der Waals surface area contributed by atoms with Crippen LogP contribution in [0.2, 0.25) is 0 Å². The summed E-state index contributed by atoms with van der Waals surface area (Å²) in [6, 6.07) is 10.8. The second-order valence-electron chi connectivity index (χ2n) is 3.77. The van der Waals surface area contributed by atoms with Crippen molar-refractivity contribution in [3.05, 3.63) is 35.9 Å². The minimum Gasteiger partial charge on any atom is -0.379 e. The van der Waals surface area contributed by atoms with Crippen molar-refractivity contribution in [2.75, 3.05) is 0 Å². The molecule has 1 aromatic carbocycles. The fourth-order valence-corrected chi connectivity index (χ4v) is 1.52. The number of nitrogens with one attached hydrogen (secondary N) is 1. The highest BCUT2D eigenvalue weighted by molar-refractivity contribution is 5.14. The maximum Gasteiger partial charge on any atom is 0.102 e. The van der Waals surface area contributed by atoms with Gasteiger partial charge in [0, 0.05) is 6.04 Å². The van der Waals surface area contributed by atoms with Gasteiger partial charge in [0.2, 0.25) is 0 Å². The van der Waals surface area contributed by atoms with E-state index < -0.39 is 6.23 Å². The monoisotopic (exact) mass is 193 g/mol. The van der Waals surface area contributed by atoms with Crippen molar-refractivity contribution in [2.24, 2.45) is 0 Å². The molecule has 0 aliphatic heterocycles. The topological polar surface area (TPSA) is 32.3 Å². The van der Waals surface area contributed by atoms with Crippen molar-refractivity contribution in [2.45, 2.75) is 39.0 Å². The molecule has 0 heterocycles. The Morgan fingerprint density at radius 1 is 1.21 bits per heavy atom. The van der Waals surface area contributed by atoms with Crippen LogP contribution in [0.1, 0.15) is 25.8 Å². The molecule has 0 saturated carbocycles. The standard InChI is InChI=1S/C12H19NO/c1-10(13-11(2)14)8-9-12-6-4-3-5-7-12/h3-7,10-11,13-14H,8-9H2,1-2H3/t10-,11?/m1/s1. The highest BCUT2D eigenvalue weighted by Gasteiger charge is 2.03. The largest absolute Gasteiger partial charge is 0.379 e. The summed E-state index contributed by atoms with van der Waals surface area (Å²) in [5, 5.41) is 12.2. The van der Waals surface area contributed by atoms with Gasteiger partial charge >= 0.3 is 0 Å². The van der Waals surface area contributed by atoms with E-state index in [-0.39, 0.29) is 0 Å². The Kier molecular flexibility index (Phi) is 4.63. The maximum absolute atomic E-state index is 9.11. The van der Waals surface area contributed by atoms with Gasteiger partial charge in [0.05, 0.1) is 0 Å². The second kappa shape index (κ2) is 5.78. The molecule has 14 heavy (non-hydrogen) atoms. The average Bonchev–Trinajstić information content (AvgIpc) is 2.15. The molecule has 2 atom stereocenters. The van der Waals surface area contributed by atoms with Gasteiger partial charge in [-0.05, 0) is 32.3 Å². The number of hydrogen-bond donors (Lipinski definition) is 2. The molecule has 0 saturated heterocycles. The summed E-state index contributed by atoms with van der Waals surface area (Å²) in [5.74, 6) is 0. The molecular formula is C12H19NO. The Morgan fingerprint density at radius 2 is 1.86 bits per heavy atom. The highest BCUT2D eigenvalue weighted by Crippen LogP contribution is 2.04. The smallest absolute Gasteiger partial charge is 0.102 e. The third-order valence-corrected chi connectivity index (χ3v) is 2.23. The van der Waals surface area contributed by atoms with E-state index in [9.17, 15) is 0 Å². The first-order chi connectivity index (χ1) is 6.68. The summed E-state index contributed by atoms with van der Waals surface area (Å²) >= 11 is 0. The van der Waals surface area contributed by atoms with Gasteiger partial charge in [-0.15, -0.1) is 0 Å². The molecular weight excluding hydrogens is 174 g/mol. The Labute approximate surface area is 86.0 Å². The zero-order chi connectivity index (χ0) is 10.4. The zero-order valence-electron chi connectivity index (χ0n) is 8.90. The van der Waals surface area contributed by atoms with Crippen LogP contribution in [0.15, 0.2) is 30.3 Å². The van der Waals surface area contributed by atoms with E-state index in [1.807, 2.05) is 6.07 Å². The van der Waals surface area contributed by atoms with Crippen LogP contribution in [0.4, 0.5) is 0 Å². The third kappa shape index (κ3) is 4.40. The lowest BCUT2D eigenvalue weighted by molar-refractivity contribution is 0.141. The number of aliphatic hydroxyl groups is 1. The quantitative estimate of drug-likeness (QED) is 0.700. The number of aliphatic hydroxyl groups excluding tert-OH is 1. The second-order valence-corrected chi connectivity index (χ2v) is 3.77. The van der Waals surface area contributed by atoms with E-state index >= 15 is 0 Å². The molecule has 1 aromatic rings. The Balaban J connectivity index is 2.27. The van der Waals surface area contributed by atoms with Gasteiger partial charge in [-0.25, -0.2) is 0 Å². The summed E-state index contributed by atoms with van der Waals surface area (Å²) in [4.78, 5) is 0. The van der Waals surface area contributed by atoms with Crippen LogP contribution in [0.5, 0.6) is 0 Å². The van der Waals surface area contributed by atoms with Gasteiger partial charge in [-0.1, -0.05) is 30.3 Å². The minimum atomic E-state index is -0.416. The third-order valence-electron chi connectivity index (χ3n) is 2.23. The van der Waals surface area contributed by atoms with Crippen molar-refractivity contribution in [1.82, 2.24) is 5.32 Å². The van der Waals surface area contributed by atoms with E-state index in [2.05, 4.69) is 36.5 Å². The van der Waals surface area contributed by atoms with E-state index in [0.29, 0.717) is 6.04 Å². The van der Waals surface area contributed by atoms with Gasteiger partial charge < -0.3 is 5.11 Å². The van der Waals surface area contributed by atoms with Crippen molar-refractivity contribution >= 4 is 0 Å². The van der Waals surface area contributed by atoms with E-state index in [0.717, 1.165) is 12.8 Å². The van der Waals surface area contributed by atoms with Gasteiger partial charge in [0.25, 0.3) is 0 Å². The Hall–Kier alpha value is -0.860. The van der Waals surface area contributed by atoms with Crippen LogP contribution in [0.25, 0.3) is 0 Å². The fraction of sp³-hybridized carbons (Fsp3) is 0.500. The molecule has 0 fully saturated rings. The molecule has 0 aliphatic carbocycles. The minimum absolute atomic E-state index is 0.357. The molecule has 78 valence electrons. The first-order valence-corrected chi connectivity index (χ1v) is 5.16. The van der Waals surface area contributed by atoms with Gasteiger partial charge in [-0.3, -0.25) is 5.32 Å². The lowest BCUT2D eigenvalue weighted by atomic mass is 10.1. The zero-order valence-corrected chi connectivity index (χ0v) is 8.90. The summed E-state index contributed by atoms with van der Waals surface area (Å²) in [6.45, 7) is 3.84. The predicted molar refractivity (Wildman–Crippen MR) is 59.0 cm³/mol. The summed E-state index contributed by atoms with van der Waals surface area (Å²) < 4.78 is 0. The van der Waals surface area contributed by atoms with Crippen LogP contribution >= 0.6 is 0 Å². The fourth-order valence-electron chi connectivity index (χ4n) is 1.52. The van der Waals surface area contributed by atoms with Gasteiger partial charge in [0.1, 0.15) is 6.23 Å². The molecule has 0 radical (unpaired) electrons. The molecule has 0 spiro atoms. The Bertz CT molecular complexity index is 246. The van der Waals surface area contributed by atoms with Crippen LogP contribution in [0, 0.1) is 0 Å². The lowest BCUT2D eigenvalue weighted by Gasteiger charge is -2.15. The van der Waals surface area contributed by atoms with E-state index in [1.54, 1.807) is 6.92 Å². The molecule has 2 N–H and O–H groups in total. The lowest BCUT2D eigenvalue weighted by Crippen LogP contribution is -2.34. The normalized spacial score (nSPS) is 15.1. The SMILES string of the molecule is CC(O)N[C@H](C)CCc1ccccc1. The van der Waals surface area contributed by atoms with Gasteiger partial charge in [0.15, 0.2) is 0 Å². The first kappa shape index (κ1) is 11.2. The molecule has 0 amide bonds. The predicted octanol–water partition coefficient (Wildman–Crippen LogP) is 1.94. The molecule has 2 nitrogen and oxygen atoms in total. The summed E-state index contributed by atoms with van der Waals surface area (Å²) in [5.41, 5.74) is 1.35. The van der Waals surface area contributed by atoms with Crippen molar-refractivity contribution < 1.29 is 5.11 Å². The van der Waals surface area contributed by atoms with Crippen LogP contribution in [-0.2, 0) is 6.42 Å². The molecule has 0 bridgehead atoms. The molecule has 0 aromatic heterocycles. The number of aryl methyl sites for hydroxylation is 1. The summed E-state index contributed by atoms with van der Waals surface area (Å²) in [6.07, 6.45) is 1.69. The number of benzene rings is 1. The van der Waals surface area contributed by atoms with Crippen molar-refractivity contribution in [3.63, 3.8) is 0 Å². The number of rotatable bonds is 5. The van der Waals surface area contributed by atoms with E-state index in [1.165, 1.54) is 5.56 Å². The van der Waals surface area contributed by atoms with Crippen LogP contribution in [-0.4, -0.2) is 17.4 Å². The molecule has 2 heteroatoms.